The first-order valence-corrected chi connectivity index (χ1v) is 5.40. The second-order valence-electron chi connectivity index (χ2n) is 4.01. The molecule has 1 atom stereocenters. The predicted molar refractivity (Wildman–Crippen MR) is 55.5 cm³/mol. The van der Waals surface area contributed by atoms with E-state index in [4.69, 9.17) is 4.74 Å². The second kappa shape index (κ2) is 6.42. The molecule has 0 spiro atoms. The molecule has 1 aliphatic rings. The minimum Gasteiger partial charge on any atom is -0.469 e. The fraction of sp³-hybridized carbons (Fsp3) is 0.900. The molecule has 0 N–H and O–H groups in total. The lowest BCUT2D eigenvalue weighted by Crippen LogP contribution is -2.30. The van der Waals surface area contributed by atoms with Crippen LogP contribution in [0.15, 0.2) is 0 Å². The number of nitrogens with zero attached hydrogens (tertiary/aromatic N) is 1. The van der Waals surface area contributed by atoms with E-state index < -0.39 is 0 Å². The SMILES string of the molecule is COC(=O)C[C@@H](C[N+](=O)[O-])C1CCOCC1. The summed E-state index contributed by atoms with van der Waals surface area (Å²) in [5, 5.41) is 10.5. The van der Waals surface area contributed by atoms with Crippen LogP contribution < -0.4 is 0 Å². The number of esters is 1. The van der Waals surface area contributed by atoms with E-state index in [1.54, 1.807) is 0 Å². The molecule has 0 amide bonds. The summed E-state index contributed by atoms with van der Waals surface area (Å²) in [6.07, 6.45) is 1.70. The smallest absolute Gasteiger partial charge is 0.306 e. The molecule has 1 rings (SSSR count). The molecule has 92 valence electrons. The fourth-order valence-electron chi connectivity index (χ4n) is 2.06. The normalized spacial score (nSPS) is 19.1. The van der Waals surface area contributed by atoms with E-state index in [2.05, 4.69) is 4.74 Å². The summed E-state index contributed by atoms with van der Waals surface area (Å²) in [6, 6.07) is 0. The third-order valence-corrected chi connectivity index (χ3v) is 2.97. The van der Waals surface area contributed by atoms with Gasteiger partial charge in [-0.15, -0.1) is 0 Å². The van der Waals surface area contributed by atoms with E-state index in [-0.39, 0.29) is 35.7 Å². The van der Waals surface area contributed by atoms with Crippen molar-refractivity contribution in [1.29, 1.82) is 0 Å². The molecule has 6 nitrogen and oxygen atoms in total. The minimum atomic E-state index is -0.377. The van der Waals surface area contributed by atoms with Crippen LogP contribution in [0.1, 0.15) is 19.3 Å². The minimum absolute atomic E-state index is 0.127. The first-order chi connectivity index (χ1) is 7.63. The van der Waals surface area contributed by atoms with Crippen LogP contribution in [-0.4, -0.2) is 37.8 Å². The highest BCUT2D eigenvalue weighted by atomic mass is 16.6. The van der Waals surface area contributed by atoms with E-state index in [1.165, 1.54) is 7.11 Å². The molecule has 1 aliphatic heterocycles. The Hall–Kier alpha value is -1.17. The lowest BCUT2D eigenvalue weighted by molar-refractivity contribution is -0.490. The summed E-state index contributed by atoms with van der Waals surface area (Å²) in [5.41, 5.74) is 0. The zero-order valence-electron chi connectivity index (χ0n) is 9.39. The fourth-order valence-corrected chi connectivity index (χ4v) is 2.06. The highest BCUT2D eigenvalue weighted by Gasteiger charge is 2.30. The largest absolute Gasteiger partial charge is 0.469 e. The maximum atomic E-state index is 11.2. The number of rotatable bonds is 5. The van der Waals surface area contributed by atoms with Gasteiger partial charge in [0.1, 0.15) is 0 Å². The van der Waals surface area contributed by atoms with Gasteiger partial charge in [0.15, 0.2) is 0 Å². The quantitative estimate of drug-likeness (QED) is 0.398. The van der Waals surface area contributed by atoms with Gasteiger partial charge in [-0.1, -0.05) is 0 Å². The van der Waals surface area contributed by atoms with Crippen molar-refractivity contribution in [2.75, 3.05) is 26.9 Å². The van der Waals surface area contributed by atoms with Crippen LogP contribution in [0.2, 0.25) is 0 Å². The third kappa shape index (κ3) is 4.14. The Balaban J connectivity index is 2.53. The Morgan fingerprint density at radius 1 is 1.56 bits per heavy atom. The first kappa shape index (κ1) is 12.9. The van der Waals surface area contributed by atoms with Crippen LogP contribution in [0.4, 0.5) is 0 Å². The van der Waals surface area contributed by atoms with Gasteiger partial charge in [-0.05, 0) is 18.8 Å². The van der Waals surface area contributed by atoms with Crippen molar-refractivity contribution in [3.8, 4) is 0 Å². The molecule has 1 heterocycles. The van der Waals surface area contributed by atoms with E-state index in [1.807, 2.05) is 0 Å². The average molecular weight is 231 g/mol. The summed E-state index contributed by atoms with van der Waals surface area (Å²) >= 11 is 0. The molecule has 0 aromatic carbocycles. The third-order valence-electron chi connectivity index (χ3n) is 2.97. The predicted octanol–water partition coefficient (Wildman–Crippen LogP) is 0.869. The Kier molecular flexibility index (Phi) is 5.18. The molecule has 0 bridgehead atoms. The molecule has 0 saturated carbocycles. The molecule has 0 aromatic heterocycles. The van der Waals surface area contributed by atoms with Gasteiger partial charge in [0, 0.05) is 24.1 Å². The molecular weight excluding hydrogens is 214 g/mol. The number of ether oxygens (including phenoxy) is 2. The van der Waals surface area contributed by atoms with Crippen molar-refractivity contribution >= 4 is 5.97 Å². The second-order valence-corrected chi connectivity index (χ2v) is 4.01. The highest BCUT2D eigenvalue weighted by molar-refractivity contribution is 5.69. The van der Waals surface area contributed by atoms with Gasteiger partial charge in [0.2, 0.25) is 6.54 Å². The van der Waals surface area contributed by atoms with Crippen LogP contribution in [0.25, 0.3) is 0 Å². The number of carbonyl (C=O) groups excluding carboxylic acids is 1. The molecule has 0 aromatic rings. The lowest BCUT2D eigenvalue weighted by Gasteiger charge is -2.27. The van der Waals surface area contributed by atoms with Gasteiger partial charge in [0.05, 0.1) is 13.5 Å². The summed E-state index contributed by atoms with van der Waals surface area (Å²) < 4.78 is 9.76. The summed E-state index contributed by atoms with van der Waals surface area (Å²) in [7, 11) is 1.30. The lowest BCUT2D eigenvalue weighted by atomic mass is 9.84. The maximum absolute atomic E-state index is 11.2. The Bertz CT molecular complexity index is 250. The zero-order valence-corrected chi connectivity index (χ0v) is 9.39. The van der Waals surface area contributed by atoms with Crippen molar-refractivity contribution in [3.05, 3.63) is 10.1 Å². The Morgan fingerprint density at radius 2 is 2.19 bits per heavy atom. The van der Waals surface area contributed by atoms with E-state index in [0.29, 0.717) is 13.2 Å². The number of hydrogen-bond acceptors (Lipinski definition) is 5. The zero-order chi connectivity index (χ0) is 12.0. The van der Waals surface area contributed by atoms with Crippen molar-refractivity contribution in [2.45, 2.75) is 19.3 Å². The Morgan fingerprint density at radius 3 is 2.69 bits per heavy atom. The van der Waals surface area contributed by atoms with E-state index >= 15 is 0 Å². The molecule has 0 unspecified atom stereocenters. The number of nitro groups is 1. The molecule has 0 radical (unpaired) electrons. The number of methoxy groups -OCH3 is 1. The highest BCUT2D eigenvalue weighted by Crippen LogP contribution is 2.26. The van der Waals surface area contributed by atoms with Gasteiger partial charge in [-0.25, -0.2) is 0 Å². The van der Waals surface area contributed by atoms with Crippen LogP contribution in [-0.2, 0) is 14.3 Å². The van der Waals surface area contributed by atoms with Gasteiger partial charge in [-0.2, -0.15) is 0 Å². The maximum Gasteiger partial charge on any atom is 0.306 e. The average Bonchev–Trinajstić information content (AvgIpc) is 2.28. The first-order valence-electron chi connectivity index (χ1n) is 5.40. The summed E-state index contributed by atoms with van der Waals surface area (Å²) in [4.78, 5) is 21.4. The Labute approximate surface area is 94.1 Å². The molecule has 0 aliphatic carbocycles. The van der Waals surface area contributed by atoms with Crippen LogP contribution in [0.5, 0.6) is 0 Å². The van der Waals surface area contributed by atoms with Gasteiger partial charge in [-0.3, -0.25) is 14.9 Å². The standard InChI is InChI=1S/C10H17NO5/c1-15-10(12)6-9(7-11(13)14)8-2-4-16-5-3-8/h8-9H,2-7H2,1H3/t9-/m0/s1. The molecule has 1 fully saturated rings. The monoisotopic (exact) mass is 231 g/mol. The van der Waals surface area contributed by atoms with Crippen molar-refractivity contribution in [1.82, 2.24) is 0 Å². The number of carbonyl (C=O) groups is 1. The van der Waals surface area contributed by atoms with E-state index in [0.717, 1.165) is 12.8 Å². The molecule has 6 heteroatoms. The molecule has 16 heavy (non-hydrogen) atoms. The van der Waals surface area contributed by atoms with Gasteiger partial charge in [0.25, 0.3) is 0 Å². The summed E-state index contributed by atoms with van der Waals surface area (Å²) in [5.74, 6) is -0.414. The molecule has 1 saturated heterocycles. The van der Waals surface area contributed by atoms with Crippen LogP contribution in [0, 0.1) is 22.0 Å². The topological polar surface area (TPSA) is 78.7 Å². The van der Waals surface area contributed by atoms with Crippen molar-refractivity contribution in [3.63, 3.8) is 0 Å². The van der Waals surface area contributed by atoms with Crippen molar-refractivity contribution in [2.24, 2.45) is 11.8 Å². The van der Waals surface area contributed by atoms with Crippen LogP contribution in [0.3, 0.4) is 0 Å². The summed E-state index contributed by atoms with van der Waals surface area (Å²) in [6.45, 7) is 1.08. The molecular formula is C10H17NO5. The van der Waals surface area contributed by atoms with Gasteiger partial charge < -0.3 is 9.47 Å². The number of hydrogen-bond donors (Lipinski definition) is 0. The van der Waals surface area contributed by atoms with E-state index in [9.17, 15) is 14.9 Å². The van der Waals surface area contributed by atoms with Crippen LogP contribution >= 0.6 is 0 Å². The van der Waals surface area contributed by atoms with Crippen molar-refractivity contribution < 1.29 is 19.2 Å². The van der Waals surface area contributed by atoms with Gasteiger partial charge >= 0.3 is 5.97 Å².